The average molecular weight is 371 g/mol. The monoisotopic (exact) mass is 371 g/mol. The molecule has 0 fully saturated rings. The van der Waals surface area contributed by atoms with Gasteiger partial charge in [0, 0.05) is 5.69 Å². The maximum Gasteiger partial charge on any atom is 0.346 e. The van der Waals surface area contributed by atoms with Gasteiger partial charge in [0.15, 0.2) is 6.10 Å². The first-order valence-electron chi connectivity index (χ1n) is 8.70. The predicted molar refractivity (Wildman–Crippen MR) is 104 cm³/mol. The fourth-order valence-corrected chi connectivity index (χ4v) is 2.52. The number of esters is 1. The normalized spacial score (nSPS) is 11.6. The first-order chi connectivity index (χ1) is 12.9. The molecule has 0 heterocycles. The highest BCUT2D eigenvalue weighted by molar-refractivity contribution is 5.99. The summed E-state index contributed by atoms with van der Waals surface area (Å²) < 4.78 is 15.7. The number of amides is 1. The van der Waals surface area contributed by atoms with E-state index in [0.29, 0.717) is 23.1 Å². The summed E-state index contributed by atoms with van der Waals surface area (Å²) in [7, 11) is 2.89. The van der Waals surface area contributed by atoms with E-state index in [1.165, 1.54) is 26.7 Å². The van der Waals surface area contributed by atoms with Gasteiger partial charge in [-0.1, -0.05) is 32.0 Å². The number of hydrogen-bond donors (Lipinski definition) is 1. The van der Waals surface area contributed by atoms with Gasteiger partial charge >= 0.3 is 5.97 Å². The molecule has 1 amide bonds. The van der Waals surface area contributed by atoms with Crippen LogP contribution in [0.2, 0.25) is 0 Å². The summed E-state index contributed by atoms with van der Waals surface area (Å²) in [6, 6.07) is 12.5. The fraction of sp³-hybridized carbons (Fsp3) is 0.333. The average Bonchev–Trinajstić information content (AvgIpc) is 2.67. The predicted octanol–water partition coefficient (Wildman–Crippen LogP) is 4.01. The first kappa shape index (κ1) is 20.3. The molecule has 6 heteroatoms. The molecule has 6 nitrogen and oxygen atoms in total. The van der Waals surface area contributed by atoms with Crippen molar-refractivity contribution in [2.24, 2.45) is 0 Å². The molecule has 0 bridgehead atoms. The van der Waals surface area contributed by atoms with Crippen LogP contribution in [0.25, 0.3) is 0 Å². The Morgan fingerprint density at radius 2 is 1.44 bits per heavy atom. The summed E-state index contributed by atoms with van der Waals surface area (Å²) >= 11 is 0. The molecule has 0 unspecified atom stereocenters. The van der Waals surface area contributed by atoms with E-state index in [-0.39, 0.29) is 5.56 Å². The van der Waals surface area contributed by atoms with Crippen molar-refractivity contribution in [3.63, 3.8) is 0 Å². The van der Waals surface area contributed by atoms with Crippen molar-refractivity contribution in [1.82, 2.24) is 0 Å². The van der Waals surface area contributed by atoms with E-state index < -0.39 is 18.0 Å². The van der Waals surface area contributed by atoms with Crippen LogP contribution < -0.4 is 14.8 Å². The minimum Gasteiger partial charge on any atom is -0.496 e. The second-order valence-corrected chi connectivity index (χ2v) is 6.35. The van der Waals surface area contributed by atoms with E-state index in [1.807, 2.05) is 24.3 Å². The number of methoxy groups -OCH3 is 2. The highest BCUT2D eigenvalue weighted by Crippen LogP contribution is 2.29. The van der Waals surface area contributed by atoms with Gasteiger partial charge < -0.3 is 19.5 Å². The van der Waals surface area contributed by atoms with Gasteiger partial charge in [-0.2, -0.15) is 0 Å². The van der Waals surface area contributed by atoms with Gasteiger partial charge in [-0.05, 0) is 42.7 Å². The van der Waals surface area contributed by atoms with E-state index in [4.69, 9.17) is 14.2 Å². The standard InChI is InChI=1S/C21H25NO5/c1-13(2)15-9-11-16(12-10-15)22-20(23)14(3)27-21(24)19-17(25-4)7-6-8-18(19)26-5/h6-14H,1-5H3,(H,22,23)/t14-/m1/s1. The molecule has 27 heavy (non-hydrogen) atoms. The van der Waals surface area contributed by atoms with Gasteiger partial charge in [0.2, 0.25) is 0 Å². The third-order valence-electron chi connectivity index (χ3n) is 4.13. The maximum absolute atomic E-state index is 12.5. The first-order valence-corrected chi connectivity index (χ1v) is 8.70. The summed E-state index contributed by atoms with van der Waals surface area (Å²) in [5.74, 6) is -0.0745. The van der Waals surface area contributed by atoms with Gasteiger partial charge in [0.25, 0.3) is 5.91 Å². The van der Waals surface area contributed by atoms with Crippen LogP contribution in [-0.4, -0.2) is 32.2 Å². The van der Waals surface area contributed by atoms with Crippen molar-refractivity contribution in [2.75, 3.05) is 19.5 Å². The SMILES string of the molecule is COc1cccc(OC)c1C(=O)O[C@H](C)C(=O)Nc1ccc(C(C)C)cc1. The van der Waals surface area contributed by atoms with Crippen molar-refractivity contribution in [1.29, 1.82) is 0 Å². The molecule has 0 spiro atoms. The number of benzene rings is 2. The highest BCUT2D eigenvalue weighted by atomic mass is 16.6. The smallest absolute Gasteiger partial charge is 0.346 e. The van der Waals surface area contributed by atoms with Crippen LogP contribution >= 0.6 is 0 Å². The lowest BCUT2D eigenvalue weighted by Crippen LogP contribution is -2.30. The third-order valence-corrected chi connectivity index (χ3v) is 4.13. The molecule has 0 aliphatic heterocycles. The number of rotatable bonds is 7. The van der Waals surface area contributed by atoms with Crippen LogP contribution in [0.4, 0.5) is 5.69 Å². The molecule has 1 N–H and O–H groups in total. The molecule has 1 atom stereocenters. The molecule has 0 saturated carbocycles. The molecule has 144 valence electrons. The second-order valence-electron chi connectivity index (χ2n) is 6.35. The zero-order chi connectivity index (χ0) is 20.0. The van der Waals surface area contributed by atoms with Crippen LogP contribution in [-0.2, 0) is 9.53 Å². The van der Waals surface area contributed by atoms with Gasteiger partial charge in [-0.15, -0.1) is 0 Å². The Balaban J connectivity index is 2.07. The van der Waals surface area contributed by atoms with Gasteiger partial charge in [0.05, 0.1) is 14.2 Å². The van der Waals surface area contributed by atoms with E-state index in [9.17, 15) is 9.59 Å². The maximum atomic E-state index is 12.5. The number of nitrogens with one attached hydrogen (secondary N) is 1. The third kappa shape index (κ3) is 5.00. The summed E-state index contributed by atoms with van der Waals surface area (Å²) in [5, 5.41) is 2.74. The van der Waals surface area contributed by atoms with Gasteiger partial charge in [0.1, 0.15) is 17.1 Å². The van der Waals surface area contributed by atoms with Crippen LogP contribution in [0.15, 0.2) is 42.5 Å². The largest absolute Gasteiger partial charge is 0.496 e. The number of hydrogen-bond acceptors (Lipinski definition) is 5. The quantitative estimate of drug-likeness (QED) is 0.745. The summed E-state index contributed by atoms with van der Waals surface area (Å²) in [4.78, 5) is 24.9. The van der Waals surface area contributed by atoms with Crippen molar-refractivity contribution in [3.8, 4) is 11.5 Å². The van der Waals surface area contributed by atoms with E-state index in [1.54, 1.807) is 18.2 Å². The number of ether oxygens (including phenoxy) is 3. The summed E-state index contributed by atoms with van der Waals surface area (Å²) in [6.07, 6.45) is -0.989. The van der Waals surface area contributed by atoms with Crippen LogP contribution in [0, 0.1) is 0 Å². The fourth-order valence-electron chi connectivity index (χ4n) is 2.52. The molecule has 0 aliphatic carbocycles. The summed E-state index contributed by atoms with van der Waals surface area (Å²) in [5.41, 5.74) is 1.96. The molecule has 2 aromatic rings. The van der Waals surface area contributed by atoms with Gasteiger partial charge in [-0.3, -0.25) is 4.79 Å². The van der Waals surface area contributed by atoms with E-state index in [0.717, 1.165) is 0 Å². The number of carbonyl (C=O) groups excluding carboxylic acids is 2. The minimum absolute atomic E-state index is 0.142. The van der Waals surface area contributed by atoms with E-state index >= 15 is 0 Å². The van der Waals surface area contributed by atoms with Crippen molar-refractivity contribution < 1.29 is 23.8 Å². The molecular weight excluding hydrogens is 346 g/mol. The Labute approximate surface area is 159 Å². The minimum atomic E-state index is -0.989. The molecule has 0 saturated heterocycles. The Morgan fingerprint density at radius 1 is 0.889 bits per heavy atom. The van der Waals surface area contributed by atoms with Crippen molar-refractivity contribution in [2.45, 2.75) is 32.8 Å². The van der Waals surface area contributed by atoms with Crippen LogP contribution in [0.5, 0.6) is 11.5 Å². The lowest BCUT2D eigenvalue weighted by molar-refractivity contribution is -0.123. The highest BCUT2D eigenvalue weighted by Gasteiger charge is 2.24. The van der Waals surface area contributed by atoms with Crippen LogP contribution in [0.3, 0.4) is 0 Å². The van der Waals surface area contributed by atoms with E-state index in [2.05, 4.69) is 19.2 Å². The second kappa shape index (κ2) is 9.07. The van der Waals surface area contributed by atoms with Gasteiger partial charge in [-0.25, -0.2) is 4.79 Å². The molecule has 0 aromatic heterocycles. The Bertz CT molecular complexity index is 776. The van der Waals surface area contributed by atoms with Crippen molar-refractivity contribution >= 4 is 17.6 Å². The Kier molecular flexibility index (Phi) is 6.82. The lowest BCUT2D eigenvalue weighted by Gasteiger charge is -2.16. The zero-order valence-electron chi connectivity index (χ0n) is 16.2. The van der Waals surface area contributed by atoms with Crippen LogP contribution in [0.1, 0.15) is 42.6 Å². The number of carbonyl (C=O) groups is 2. The lowest BCUT2D eigenvalue weighted by atomic mass is 10.0. The summed E-state index contributed by atoms with van der Waals surface area (Å²) in [6.45, 7) is 5.71. The van der Waals surface area contributed by atoms with Crippen molar-refractivity contribution in [3.05, 3.63) is 53.6 Å². The molecule has 2 aromatic carbocycles. The Morgan fingerprint density at radius 3 is 1.93 bits per heavy atom. The Hall–Kier alpha value is -3.02. The molecule has 0 radical (unpaired) electrons. The molecular formula is C21H25NO5. The molecule has 0 aliphatic rings. The topological polar surface area (TPSA) is 73.9 Å². The zero-order valence-corrected chi connectivity index (χ0v) is 16.2. The number of anilines is 1. The molecule has 2 rings (SSSR count).